The number of fused-ring (bicyclic) bond motifs is 1. The first-order valence-electron chi connectivity index (χ1n) is 6.36. The monoisotopic (exact) mass is 244 g/mol. The highest BCUT2D eigenvalue weighted by Crippen LogP contribution is 2.43. The average molecular weight is 244 g/mol. The minimum atomic E-state index is -0.800. The van der Waals surface area contributed by atoms with Gasteiger partial charge in [-0.25, -0.2) is 0 Å². The summed E-state index contributed by atoms with van der Waals surface area (Å²) in [6.07, 6.45) is 3.28. The predicted molar refractivity (Wildman–Crippen MR) is 68.7 cm³/mol. The summed E-state index contributed by atoms with van der Waals surface area (Å²) >= 11 is 0. The maximum Gasteiger partial charge on any atom is 0.317 e. The van der Waals surface area contributed by atoms with Crippen molar-refractivity contribution in [3.63, 3.8) is 0 Å². The van der Waals surface area contributed by atoms with Crippen molar-refractivity contribution < 1.29 is 14.3 Å². The van der Waals surface area contributed by atoms with E-state index >= 15 is 0 Å². The molecule has 0 unspecified atom stereocenters. The number of hydrogen-bond donors (Lipinski definition) is 1. The molecule has 0 amide bonds. The lowest BCUT2D eigenvalue weighted by Crippen LogP contribution is -2.31. The highest BCUT2D eigenvalue weighted by Gasteiger charge is 2.45. The van der Waals surface area contributed by atoms with E-state index in [0.29, 0.717) is 18.6 Å². The first kappa shape index (κ1) is 11.3. The van der Waals surface area contributed by atoms with E-state index in [4.69, 9.17) is 4.42 Å². The van der Waals surface area contributed by atoms with Crippen molar-refractivity contribution in [2.24, 2.45) is 0 Å². The molecule has 1 saturated carbocycles. The molecule has 18 heavy (non-hydrogen) atoms. The summed E-state index contributed by atoms with van der Waals surface area (Å²) < 4.78 is 5.87. The van der Waals surface area contributed by atoms with Gasteiger partial charge in [0.2, 0.25) is 0 Å². The molecule has 94 valence electrons. The number of carbonyl (C=O) groups is 1. The molecule has 0 saturated heterocycles. The zero-order chi connectivity index (χ0) is 12.8. The normalized spacial score (nSPS) is 18.3. The van der Waals surface area contributed by atoms with Gasteiger partial charge >= 0.3 is 5.97 Å². The molecule has 1 aliphatic rings. The lowest BCUT2D eigenvalue weighted by atomic mass is 9.83. The van der Waals surface area contributed by atoms with Gasteiger partial charge in [-0.1, -0.05) is 31.0 Å². The fourth-order valence-corrected chi connectivity index (χ4v) is 2.99. The Balaban J connectivity index is 2.19. The molecule has 0 atom stereocenters. The lowest BCUT2D eigenvalue weighted by Gasteiger charge is -2.20. The van der Waals surface area contributed by atoms with E-state index in [1.165, 1.54) is 0 Å². The lowest BCUT2D eigenvalue weighted by molar-refractivity contribution is -0.144. The third kappa shape index (κ3) is 1.47. The van der Waals surface area contributed by atoms with E-state index < -0.39 is 11.4 Å². The Morgan fingerprint density at radius 2 is 2.06 bits per heavy atom. The average Bonchev–Trinajstić information content (AvgIpc) is 2.96. The Bertz CT molecular complexity index is 603. The van der Waals surface area contributed by atoms with Crippen molar-refractivity contribution in [2.45, 2.75) is 38.0 Å². The summed E-state index contributed by atoms with van der Waals surface area (Å²) in [7, 11) is 0. The molecular formula is C15H16O3. The van der Waals surface area contributed by atoms with Crippen LogP contribution in [0.15, 0.2) is 28.7 Å². The van der Waals surface area contributed by atoms with Crippen LogP contribution in [-0.4, -0.2) is 11.1 Å². The van der Waals surface area contributed by atoms with E-state index in [2.05, 4.69) is 0 Å². The number of furan rings is 1. The van der Waals surface area contributed by atoms with Crippen LogP contribution in [0.5, 0.6) is 0 Å². The van der Waals surface area contributed by atoms with Crippen molar-refractivity contribution in [3.8, 4) is 0 Å². The van der Waals surface area contributed by atoms with Gasteiger partial charge in [0.25, 0.3) is 0 Å². The fraction of sp³-hybridized carbons (Fsp3) is 0.400. The standard InChI is InChI=1S/C15H16O3/c1-10-5-4-6-11-9-12(18-13(10)11)15(14(16)17)7-2-3-8-15/h4-6,9H,2-3,7-8H2,1H3,(H,16,17). The smallest absolute Gasteiger partial charge is 0.317 e. The van der Waals surface area contributed by atoms with Gasteiger partial charge in [0, 0.05) is 5.39 Å². The zero-order valence-electron chi connectivity index (χ0n) is 10.4. The van der Waals surface area contributed by atoms with Crippen LogP contribution in [-0.2, 0) is 10.2 Å². The summed E-state index contributed by atoms with van der Waals surface area (Å²) in [4.78, 5) is 11.6. The molecule has 0 spiro atoms. The predicted octanol–water partition coefficient (Wildman–Crippen LogP) is 3.64. The van der Waals surface area contributed by atoms with Crippen LogP contribution in [0.3, 0.4) is 0 Å². The van der Waals surface area contributed by atoms with Crippen LogP contribution in [0, 0.1) is 6.92 Å². The van der Waals surface area contributed by atoms with Gasteiger partial charge in [-0.3, -0.25) is 4.79 Å². The largest absolute Gasteiger partial charge is 0.480 e. The van der Waals surface area contributed by atoms with Crippen LogP contribution in [0.2, 0.25) is 0 Å². The molecule has 0 bridgehead atoms. The van der Waals surface area contributed by atoms with Gasteiger partial charge in [0.15, 0.2) is 0 Å². The molecule has 1 fully saturated rings. The molecule has 1 aromatic heterocycles. The molecule has 1 N–H and O–H groups in total. The van der Waals surface area contributed by atoms with Gasteiger partial charge in [-0.05, 0) is 31.4 Å². The van der Waals surface area contributed by atoms with Crippen molar-refractivity contribution in [2.75, 3.05) is 0 Å². The van der Waals surface area contributed by atoms with Gasteiger partial charge < -0.3 is 9.52 Å². The molecule has 0 radical (unpaired) electrons. The maximum atomic E-state index is 11.6. The first-order valence-corrected chi connectivity index (χ1v) is 6.36. The van der Waals surface area contributed by atoms with Crippen LogP contribution >= 0.6 is 0 Å². The molecular weight excluding hydrogens is 228 g/mol. The molecule has 3 nitrogen and oxygen atoms in total. The molecule has 1 aromatic carbocycles. The van der Waals surface area contributed by atoms with Gasteiger partial charge in [0.1, 0.15) is 16.8 Å². The molecule has 2 aromatic rings. The highest BCUT2D eigenvalue weighted by molar-refractivity contribution is 5.86. The van der Waals surface area contributed by atoms with Crippen LogP contribution in [0.4, 0.5) is 0 Å². The summed E-state index contributed by atoms with van der Waals surface area (Å²) in [5.74, 6) is -0.131. The number of rotatable bonds is 2. The van der Waals surface area contributed by atoms with E-state index in [-0.39, 0.29) is 0 Å². The summed E-state index contributed by atoms with van der Waals surface area (Å²) in [5.41, 5.74) is 1.07. The van der Waals surface area contributed by atoms with E-state index in [0.717, 1.165) is 29.4 Å². The number of aliphatic carboxylic acids is 1. The van der Waals surface area contributed by atoms with Crippen LogP contribution in [0.25, 0.3) is 11.0 Å². The fourth-order valence-electron chi connectivity index (χ4n) is 2.99. The number of carboxylic acid groups (broad SMARTS) is 1. The number of aryl methyl sites for hydroxylation is 1. The Morgan fingerprint density at radius 1 is 1.33 bits per heavy atom. The second-order valence-electron chi connectivity index (χ2n) is 5.20. The van der Waals surface area contributed by atoms with Crippen LogP contribution in [0.1, 0.15) is 37.0 Å². The molecule has 0 aliphatic heterocycles. The Kier molecular flexibility index (Phi) is 2.44. The van der Waals surface area contributed by atoms with Crippen molar-refractivity contribution >= 4 is 16.9 Å². The van der Waals surface area contributed by atoms with Crippen LogP contribution < -0.4 is 0 Å². The second kappa shape index (κ2) is 3.87. The van der Waals surface area contributed by atoms with Crippen molar-refractivity contribution in [1.29, 1.82) is 0 Å². The van der Waals surface area contributed by atoms with E-state index in [9.17, 15) is 9.90 Å². The Labute approximate surface area is 105 Å². The summed E-state index contributed by atoms with van der Waals surface area (Å²) in [6, 6.07) is 7.83. The zero-order valence-corrected chi connectivity index (χ0v) is 10.4. The topological polar surface area (TPSA) is 50.4 Å². The molecule has 1 heterocycles. The molecule has 1 aliphatic carbocycles. The van der Waals surface area contributed by atoms with Crippen molar-refractivity contribution in [3.05, 3.63) is 35.6 Å². The number of hydrogen-bond acceptors (Lipinski definition) is 2. The third-order valence-corrected chi connectivity index (χ3v) is 4.08. The molecule has 3 heteroatoms. The summed E-state index contributed by atoms with van der Waals surface area (Å²) in [5, 5.41) is 10.5. The highest BCUT2D eigenvalue weighted by atomic mass is 16.4. The Morgan fingerprint density at radius 3 is 2.67 bits per heavy atom. The first-order chi connectivity index (χ1) is 8.63. The molecule has 3 rings (SSSR count). The van der Waals surface area contributed by atoms with Gasteiger partial charge in [0.05, 0.1) is 0 Å². The minimum absolute atomic E-state index is 0.622. The number of para-hydroxylation sites is 1. The van der Waals surface area contributed by atoms with Gasteiger partial charge in [-0.15, -0.1) is 0 Å². The minimum Gasteiger partial charge on any atom is -0.480 e. The van der Waals surface area contributed by atoms with E-state index in [1.807, 2.05) is 31.2 Å². The second-order valence-corrected chi connectivity index (χ2v) is 5.20. The Hall–Kier alpha value is -1.77. The maximum absolute atomic E-state index is 11.6. The van der Waals surface area contributed by atoms with E-state index in [1.54, 1.807) is 0 Å². The van der Waals surface area contributed by atoms with Crippen molar-refractivity contribution in [1.82, 2.24) is 0 Å². The SMILES string of the molecule is Cc1cccc2cc(C3(C(=O)O)CCCC3)oc12. The quantitative estimate of drug-likeness (QED) is 0.877. The third-order valence-electron chi connectivity index (χ3n) is 4.08. The summed E-state index contributed by atoms with van der Waals surface area (Å²) in [6.45, 7) is 1.98. The van der Waals surface area contributed by atoms with Gasteiger partial charge in [-0.2, -0.15) is 0 Å². The number of benzene rings is 1. The number of carboxylic acids is 1.